The molecule has 1 aliphatic rings. The van der Waals surface area contributed by atoms with E-state index in [4.69, 9.17) is 9.47 Å². The van der Waals surface area contributed by atoms with Crippen LogP contribution in [0.15, 0.2) is 47.6 Å². The normalized spacial score (nSPS) is 17.5. The van der Waals surface area contributed by atoms with Crippen LogP contribution in [-0.4, -0.2) is 56.4 Å². The predicted molar refractivity (Wildman–Crippen MR) is 117 cm³/mol. The van der Waals surface area contributed by atoms with Gasteiger partial charge in [-0.05, 0) is 44.5 Å². The van der Waals surface area contributed by atoms with Crippen LogP contribution in [0.1, 0.15) is 20.3 Å². The lowest BCUT2D eigenvalue weighted by atomic mass is 10.3. The van der Waals surface area contributed by atoms with E-state index >= 15 is 0 Å². The van der Waals surface area contributed by atoms with Gasteiger partial charge in [-0.1, -0.05) is 12.1 Å². The number of anilines is 1. The average Bonchev–Trinajstić information content (AvgIpc) is 3.21. The lowest BCUT2D eigenvalue weighted by molar-refractivity contribution is 0.219. The number of hydrogen-bond acceptors (Lipinski definition) is 5. The molecule has 1 aromatic heterocycles. The van der Waals surface area contributed by atoms with E-state index in [2.05, 4.69) is 20.6 Å². The van der Waals surface area contributed by atoms with Crippen molar-refractivity contribution < 1.29 is 13.9 Å². The van der Waals surface area contributed by atoms with Crippen molar-refractivity contribution in [1.29, 1.82) is 0 Å². The van der Waals surface area contributed by atoms with Gasteiger partial charge >= 0.3 is 0 Å². The number of ether oxygens (including phenoxy) is 2. The summed E-state index contributed by atoms with van der Waals surface area (Å²) in [5, 5.41) is 6.71. The molecule has 1 fully saturated rings. The first kappa shape index (κ1) is 21.7. The summed E-state index contributed by atoms with van der Waals surface area (Å²) in [4.78, 5) is 10.8. The van der Waals surface area contributed by atoms with Gasteiger partial charge in [0.25, 0.3) is 0 Å². The maximum atomic E-state index is 14.0. The van der Waals surface area contributed by atoms with Crippen LogP contribution in [0.25, 0.3) is 0 Å². The molecule has 1 aliphatic heterocycles. The Bertz CT molecular complexity index is 848. The summed E-state index contributed by atoms with van der Waals surface area (Å²) in [6.07, 6.45) is 2.38. The highest BCUT2D eigenvalue weighted by Gasteiger charge is 2.26. The Hall–Kier alpha value is -3.03. The Labute approximate surface area is 177 Å². The van der Waals surface area contributed by atoms with Crippen molar-refractivity contribution in [3.8, 4) is 11.5 Å². The van der Waals surface area contributed by atoms with E-state index in [0.29, 0.717) is 30.4 Å². The number of halogens is 1. The second kappa shape index (κ2) is 10.7. The van der Waals surface area contributed by atoms with E-state index in [1.165, 1.54) is 6.07 Å². The highest BCUT2D eigenvalue weighted by Crippen LogP contribution is 2.26. The van der Waals surface area contributed by atoms with Gasteiger partial charge in [0.1, 0.15) is 6.10 Å². The highest BCUT2D eigenvalue weighted by atomic mass is 19.1. The smallest absolute Gasteiger partial charge is 0.191 e. The van der Waals surface area contributed by atoms with E-state index < -0.39 is 0 Å². The molecule has 0 saturated carbocycles. The van der Waals surface area contributed by atoms with E-state index in [1.807, 2.05) is 43.0 Å². The number of aromatic nitrogens is 1. The van der Waals surface area contributed by atoms with Crippen molar-refractivity contribution in [2.24, 2.45) is 4.99 Å². The number of pyridine rings is 1. The largest absolute Gasteiger partial charge is 0.493 e. The number of rotatable bonds is 8. The summed E-state index contributed by atoms with van der Waals surface area (Å²) in [7, 11) is 1.62. The number of para-hydroxylation sites is 2. The van der Waals surface area contributed by atoms with Crippen LogP contribution in [0, 0.1) is 5.82 Å². The van der Waals surface area contributed by atoms with E-state index in [9.17, 15) is 4.39 Å². The minimum atomic E-state index is -0.291. The minimum Gasteiger partial charge on any atom is -0.493 e. The molecular weight excluding hydrogens is 385 g/mol. The summed E-state index contributed by atoms with van der Waals surface area (Å²) >= 11 is 0. The van der Waals surface area contributed by atoms with Crippen molar-refractivity contribution in [2.75, 3.05) is 38.2 Å². The van der Waals surface area contributed by atoms with Gasteiger partial charge in [-0.2, -0.15) is 0 Å². The molecule has 2 atom stereocenters. The topological polar surface area (TPSA) is 71.0 Å². The van der Waals surface area contributed by atoms with Gasteiger partial charge in [-0.15, -0.1) is 0 Å². The monoisotopic (exact) mass is 415 g/mol. The zero-order chi connectivity index (χ0) is 21.3. The molecule has 2 N–H and O–H groups in total. The number of guanidine groups is 1. The Kier molecular flexibility index (Phi) is 7.70. The molecule has 2 unspecified atom stereocenters. The van der Waals surface area contributed by atoms with Crippen molar-refractivity contribution in [1.82, 2.24) is 15.6 Å². The highest BCUT2D eigenvalue weighted by molar-refractivity contribution is 5.80. The van der Waals surface area contributed by atoms with Crippen LogP contribution >= 0.6 is 0 Å². The Morgan fingerprint density at radius 1 is 1.30 bits per heavy atom. The first-order valence-electron chi connectivity index (χ1n) is 10.3. The number of methoxy groups -OCH3 is 1. The summed E-state index contributed by atoms with van der Waals surface area (Å²) in [5.74, 6) is 2.24. The van der Waals surface area contributed by atoms with E-state index in [-0.39, 0.29) is 18.0 Å². The molecule has 0 amide bonds. The van der Waals surface area contributed by atoms with Crippen LogP contribution in [0.5, 0.6) is 11.5 Å². The molecule has 3 rings (SSSR count). The standard InChI is InChI=1S/C22H30FN5O2/c1-4-24-22(26-14-16(2)30-20-10-6-5-9-19(20)29-3)27-17-11-13-28(15-17)21-18(23)8-7-12-25-21/h5-10,12,16-17H,4,11,13-15H2,1-3H3,(H2,24,26,27). The van der Waals surface area contributed by atoms with Crippen LogP contribution in [0.4, 0.5) is 10.2 Å². The summed E-state index contributed by atoms with van der Waals surface area (Å²) < 4.78 is 25.3. The van der Waals surface area contributed by atoms with Crippen molar-refractivity contribution in [3.05, 3.63) is 48.4 Å². The molecule has 2 aromatic rings. The Morgan fingerprint density at radius 2 is 2.10 bits per heavy atom. The van der Waals surface area contributed by atoms with Gasteiger partial charge in [-0.3, -0.25) is 0 Å². The van der Waals surface area contributed by atoms with Crippen LogP contribution in [0.3, 0.4) is 0 Å². The third kappa shape index (κ3) is 5.75. The average molecular weight is 416 g/mol. The third-order valence-electron chi connectivity index (χ3n) is 4.82. The maximum Gasteiger partial charge on any atom is 0.191 e. The van der Waals surface area contributed by atoms with E-state index in [0.717, 1.165) is 25.5 Å². The molecule has 0 spiro atoms. The van der Waals surface area contributed by atoms with Gasteiger partial charge < -0.3 is 25.0 Å². The minimum absolute atomic E-state index is 0.126. The van der Waals surface area contributed by atoms with Gasteiger partial charge in [0, 0.05) is 31.9 Å². The number of nitrogens with one attached hydrogen (secondary N) is 2. The molecular formula is C22H30FN5O2. The molecule has 0 aliphatic carbocycles. The van der Waals surface area contributed by atoms with Crippen LogP contribution < -0.4 is 25.0 Å². The molecule has 2 heterocycles. The Morgan fingerprint density at radius 3 is 2.83 bits per heavy atom. The maximum absolute atomic E-state index is 14.0. The van der Waals surface area contributed by atoms with Crippen molar-refractivity contribution in [3.63, 3.8) is 0 Å². The molecule has 7 nitrogen and oxygen atoms in total. The third-order valence-corrected chi connectivity index (χ3v) is 4.82. The summed E-state index contributed by atoms with van der Waals surface area (Å²) in [6.45, 7) is 6.65. The molecule has 8 heteroatoms. The van der Waals surface area contributed by atoms with Gasteiger partial charge in [0.15, 0.2) is 29.1 Å². The molecule has 0 bridgehead atoms. The zero-order valence-electron chi connectivity index (χ0n) is 17.8. The van der Waals surface area contributed by atoms with Gasteiger partial charge in [0.2, 0.25) is 0 Å². The van der Waals surface area contributed by atoms with Crippen LogP contribution in [0.2, 0.25) is 0 Å². The second-order valence-electron chi connectivity index (χ2n) is 7.18. The summed E-state index contributed by atoms with van der Waals surface area (Å²) in [6, 6.07) is 10.8. The zero-order valence-corrected chi connectivity index (χ0v) is 17.8. The molecule has 30 heavy (non-hydrogen) atoms. The number of nitrogens with zero attached hydrogens (tertiary/aromatic N) is 3. The Balaban J connectivity index is 1.56. The fraction of sp³-hybridized carbons (Fsp3) is 0.455. The van der Waals surface area contributed by atoms with E-state index in [1.54, 1.807) is 19.4 Å². The van der Waals surface area contributed by atoms with Gasteiger partial charge in [0.05, 0.1) is 13.7 Å². The lowest BCUT2D eigenvalue weighted by Gasteiger charge is -2.20. The molecule has 1 saturated heterocycles. The number of hydrogen-bond donors (Lipinski definition) is 2. The van der Waals surface area contributed by atoms with Gasteiger partial charge in [-0.25, -0.2) is 14.4 Å². The molecule has 0 radical (unpaired) electrons. The fourth-order valence-corrected chi connectivity index (χ4v) is 3.38. The second-order valence-corrected chi connectivity index (χ2v) is 7.18. The quantitative estimate of drug-likeness (QED) is 0.510. The molecule has 1 aromatic carbocycles. The van der Waals surface area contributed by atoms with Crippen molar-refractivity contribution >= 4 is 11.8 Å². The van der Waals surface area contributed by atoms with Crippen molar-refractivity contribution in [2.45, 2.75) is 32.4 Å². The first-order valence-corrected chi connectivity index (χ1v) is 10.3. The lowest BCUT2D eigenvalue weighted by Crippen LogP contribution is -2.45. The molecule has 162 valence electrons. The SMILES string of the molecule is CCNC(=NCC(C)Oc1ccccc1OC)NC1CCN(c2ncccc2F)C1. The predicted octanol–water partition coefficient (Wildman–Crippen LogP) is 2.83. The summed E-state index contributed by atoms with van der Waals surface area (Å²) in [5.41, 5.74) is 0. The number of benzene rings is 1. The fourth-order valence-electron chi connectivity index (χ4n) is 3.38. The van der Waals surface area contributed by atoms with Crippen LogP contribution in [-0.2, 0) is 0 Å². The first-order chi connectivity index (χ1) is 14.6. The number of aliphatic imine (C=N–C) groups is 1.